The number of halogens is 10. The summed E-state index contributed by atoms with van der Waals surface area (Å²) < 4.78 is 84.4. The Morgan fingerprint density at radius 1 is 0.583 bits per heavy atom. The van der Waals surface area contributed by atoms with Crippen molar-refractivity contribution in [3.05, 3.63) is 48.8 Å². The van der Waals surface area contributed by atoms with Gasteiger partial charge in [0.1, 0.15) is 0 Å². The molecular weight excluding hydrogens is 360 g/mol. The lowest BCUT2D eigenvalue weighted by Gasteiger charge is -1.89. The summed E-state index contributed by atoms with van der Waals surface area (Å²) in [5.74, 6) is 0. The normalized spacial score (nSPS) is 8.17. The van der Waals surface area contributed by atoms with Crippen LogP contribution in [-0.4, -0.2) is 15.1 Å². The van der Waals surface area contributed by atoms with Crippen LogP contribution in [0.3, 0.4) is 0 Å². The Labute approximate surface area is 130 Å². The van der Waals surface area contributed by atoms with Gasteiger partial charge in [-0.1, -0.05) is 0 Å². The molecule has 0 aliphatic carbocycles. The monoisotopic (exact) mass is 368 g/mol. The molecule has 0 spiro atoms. The molecule has 24 heavy (non-hydrogen) atoms. The van der Waals surface area contributed by atoms with Crippen molar-refractivity contribution in [2.45, 2.75) is 0 Å². The number of nitrogens with zero attached hydrogens (tertiary/aromatic N) is 2. The van der Waals surface area contributed by atoms with E-state index in [2.05, 4.69) is 0 Å². The molecule has 0 N–H and O–H groups in total. The Morgan fingerprint density at radius 2 is 0.833 bits per heavy atom. The van der Waals surface area contributed by atoms with Gasteiger partial charge in [0.15, 0.2) is 0 Å². The third-order valence-corrected chi connectivity index (χ3v) is 1.89. The maximum absolute atomic E-state index is 13.2. The van der Waals surface area contributed by atoms with Crippen LogP contribution in [0.2, 0.25) is 0 Å². The minimum Gasteiger partial charge on any atom is -1.00 e. The van der Waals surface area contributed by atoms with E-state index in [1.807, 2.05) is 0 Å². The molecule has 0 unspecified atom stereocenters. The van der Waals surface area contributed by atoms with Crippen LogP contribution in [0.25, 0.3) is 11.4 Å². The quantitative estimate of drug-likeness (QED) is 0.379. The van der Waals surface area contributed by atoms with Crippen LogP contribution in [0.5, 0.6) is 0 Å². The lowest BCUT2D eigenvalue weighted by Crippen LogP contribution is -3.00. The standard InChI is InChI=1S/C10H8F2N2.2BF3.2FH/c11-13-7-3-1-5-9(13)10-6-2-4-8-14(10)12;2*2-1(3)4;;/h1-8H;;;2*1H/q+2;;;;/p-2. The summed E-state index contributed by atoms with van der Waals surface area (Å²) in [6.07, 6.45) is 2.45. The third-order valence-electron chi connectivity index (χ3n) is 1.89. The Hall–Kier alpha value is -2.27. The molecule has 2 heterocycles. The van der Waals surface area contributed by atoms with E-state index in [0.717, 1.165) is 0 Å². The van der Waals surface area contributed by atoms with Crippen molar-refractivity contribution < 1.29 is 53.8 Å². The molecule has 0 fully saturated rings. The third kappa shape index (κ3) is 12.3. The minimum atomic E-state index is -3.67. The zero-order valence-electron chi connectivity index (χ0n) is 11.4. The van der Waals surface area contributed by atoms with Crippen LogP contribution < -0.4 is 19.0 Å². The van der Waals surface area contributed by atoms with Gasteiger partial charge in [-0.15, -0.1) is 0 Å². The largest absolute Gasteiger partial charge is 1.00 e. The molecular formula is C10H8B2F10N2. The van der Waals surface area contributed by atoms with Gasteiger partial charge in [-0.2, -0.15) is 0 Å². The van der Waals surface area contributed by atoms with Crippen LogP contribution in [-0.2, 0) is 0 Å². The first-order valence-electron chi connectivity index (χ1n) is 5.44. The molecule has 0 radical (unpaired) electrons. The van der Waals surface area contributed by atoms with Crippen molar-refractivity contribution in [2.75, 3.05) is 0 Å². The summed E-state index contributed by atoms with van der Waals surface area (Å²) >= 11 is 0. The van der Waals surface area contributed by atoms with E-state index in [-0.39, 0.29) is 20.8 Å². The lowest BCUT2D eigenvalue weighted by atomic mass is 10.2. The second kappa shape index (κ2) is 14.3. The summed E-state index contributed by atoms with van der Waals surface area (Å²) in [5, 5.41) is 0. The molecule has 2 nitrogen and oxygen atoms in total. The number of rotatable bonds is 1. The fourth-order valence-corrected chi connectivity index (χ4v) is 1.24. The van der Waals surface area contributed by atoms with Gasteiger partial charge in [-0.3, -0.25) is 25.9 Å². The van der Waals surface area contributed by atoms with Crippen LogP contribution in [0, 0.1) is 0 Å². The smallest absolute Gasteiger partial charge is 0.762 e. The summed E-state index contributed by atoms with van der Waals surface area (Å²) in [7, 11) is -7.33. The van der Waals surface area contributed by atoms with Crippen molar-refractivity contribution in [1.29, 1.82) is 0 Å². The SMILES string of the molecule is FB(F)F.FB(F)F.F[n+]1ccccc1-c1cccc[n+]1F.[F-].[F-]. The second-order valence-corrected chi connectivity index (χ2v) is 3.29. The van der Waals surface area contributed by atoms with Gasteiger partial charge in [-0.25, -0.2) is 0 Å². The molecule has 134 valence electrons. The van der Waals surface area contributed by atoms with Gasteiger partial charge in [-0.05, 0) is 12.1 Å². The van der Waals surface area contributed by atoms with E-state index in [9.17, 15) is 34.9 Å². The minimum absolute atomic E-state index is 0. The molecule has 0 aromatic carbocycles. The van der Waals surface area contributed by atoms with E-state index in [1.165, 1.54) is 36.7 Å². The van der Waals surface area contributed by atoms with Crippen molar-refractivity contribution >= 4 is 15.1 Å². The van der Waals surface area contributed by atoms with Crippen LogP contribution in [0.15, 0.2) is 48.8 Å². The van der Waals surface area contributed by atoms with E-state index >= 15 is 0 Å². The van der Waals surface area contributed by atoms with Crippen molar-refractivity contribution in [3.63, 3.8) is 0 Å². The molecule has 0 saturated heterocycles. The molecule has 0 aliphatic heterocycles. The van der Waals surface area contributed by atoms with Gasteiger partial charge in [0.2, 0.25) is 12.4 Å². The summed E-state index contributed by atoms with van der Waals surface area (Å²) in [6.45, 7) is 0. The first kappa shape index (κ1) is 26.6. The fraction of sp³-hybridized carbons (Fsp3) is 0. The maximum Gasteiger partial charge on any atom is 0.762 e. The zero-order chi connectivity index (χ0) is 17.1. The highest BCUT2D eigenvalue weighted by Gasteiger charge is 2.23. The lowest BCUT2D eigenvalue weighted by molar-refractivity contribution is -0.859. The molecule has 14 heteroatoms. The van der Waals surface area contributed by atoms with E-state index in [1.54, 1.807) is 12.1 Å². The van der Waals surface area contributed by atoms with E-state index < -0.39 is 15.1 Å². The average Bonchev–Trinajstić information content (AvgIpc) is 2.39. The van der Waals surface area contributed by atoms with Gasteiger partial charge in [0.05, 0.1) is 8.96 Å². The fourth-order valence-electron chi connectivity index (χ4n) is 1.24. The van der Waals surface area contributed by atoms with Gasteiger partial charge >= 0.3 is 26.5 Å². The molecule has 0 amide bonds. The predicted molar refractivity (Wildman–Crippen MR) is 63.4 cm³/mol. The molecule has 2 rings (SSSR count). The van der Waals surface area contributed by atoms with E-state index in [4.69, 9.17) is 0 Å². The highest BCUT2D eigenvalue weighted by atomic mass is 19.4. The maximum atomic E-state index is 13.2. The Balaban J connectivity index is -0.000000378. The Kier molecular flexibility index (Phi) is 15.9. The number of aromatic nitrogens is 2. The van der Waals surface area contributed by atoms with Gasteiger partial charge in [0.25, 0.3) is 0 Å². The van der Waals surface area contributed by atoms with Crippen LogP contribution in [0.4, 0.5) is 34.9 Å². The molecule has 0 aliphatic rings. The highest BCUT2D eigenvalue weighted by molar-refractivity contribution is 6.33. The molecule has 0 atom stereocenters. The highest BCUT2D eigenvalue weighted by Crippen LogP contribution is 2.09. The second-order valence-electron chi connectivity index (χ2n) is 3.29. The van der Waals surface area contributed by atoms with Crippen molar-refractivity contribution in [1.82, 2.24) is 0 Å². The molecule has 2 aromatic rings. The summed E-state index contributed by atoms with van der Waals surface area (Å²) in [6, 6.07) is 9.39. The topological polar surface area (TPSA) is 7.76 Å². The van der Waals surface area contributed by atoms with Crippen molar-refractivity contribution in [2.24, 2.45) is 0 Å². The van der Waals surface area contributed by atoms with Crippen LogP contribution in [0.1, 0.15) is 0 Å². The van der Waals surface area contributed by atoms with Gasteiger partial charge in [0, 0.05) is 33.8 Å². The first-order chi connectivity index (χ1) is 10.3. The zero-order valence-corrected chi connectivity index (χ0v) is 11.4. The Morgan fingerprint density at radius 3 is 1.04 bits per heavy atom. The molecule has 0 bridgehead atoms. The number of hydrogen-bond donors (Lipinski definition) is 0. The average molecular weight is 368 g/mol. The summed E-state index contributed by atoms with van der Waals surface area (Å²) in [4.78, 5) is 0.761. The van der Waals surface area contributed by atoms with E-state index in [0.29, 0.717) is 9.58 Å². The number of hydrogen-bond acceptors (Lipinski definition) is 0. The summed E-state index contributed by atoms with van der Waals surface area (Å²) in [5.41, 5.74) is 0.353. The van der Waals surface area contributed by atoms with Crippen molar-refractivity contribution in [3.8, 4) is 11.4 Å². The molecule has 2 aromatic heterocycles. The Bertz CT molecular complexity index is 506. The molecule has 0 saturated carbocycles. The first-order valence-corrected chi connectivity index (χ1v) is 5.44. The predicted octanol–water partition coefficient (Wildman–Crippen LogP) is -2.84. The van der Waals surface area contributed by atoms with Crippen LogP contribution >= 0.6 is 0 Å². The van der Waals surface area contributed by atoms with Gasteiger partial charge < -0.3 is 9.41 Å². The number of pyridine rings is 2.